The molecule has 0 spiro atoms. The van der Waals surface area contributed by atoms with Crippen LogP contribution in [0.15, 0.2) is 59.5 Å². The summed E-state index contributed by atoms with van der Waals surface area (Å²) >= 11 is 0. The number of rotatable bonds is 6. The van der Waals surface area contributed by atoms with Crippen LogP contribution in [0.2, 0.25) is 0 Å². The first-order chi connectivity index (χ1) is 9.62. The Balaban J connectivity index is 2.10. The predicted molar refractivity (Wildman–Crippen MR) is 77.2 cm³/mol. The first-order valence-electron chi connectivity index (χ1n) is 6.14. The summed E-state index contributed by atoms with van der Waals surface area (Å²) in [6.45, 7) is 0.471. The predicted octanol–water partition coefficient (Wildman–Crippen LogP) is 1.72. The Morgan fingerprint density at radius 3 is 2.15 bits per heavy atom. The van der Waals surface area contributed by atoms with E-state index in [-0.39, 0.29) is 18.0 Å². The molecule has 0 aliphatic rings. The summed E-state index contributed by atoms with van der Waals surface area (Å²) in [6, 6.07) is 15.5. The van der Waals surface area contributed by atoms with Crippen LogP contribution in [-0.4, -0.2) is 21.5 Å². The van der Waals surface area contributed by atoms with Crippen LogP contribution in [-0.2, 0) is 10.0 Å². The molecule has 2 rings (SSSR count). The zero-order chi connectivity index (χ0) is 14.4. The lowest BCUT2D eigenvalue weighted by Crippen LogP contribution is -2.29. The summed E-state index contributed by atoms with van der Waals surface area (Å²) in [5, 5.41) is 0. The summed E-state index contributed by atoms with van der Waals surface area (Å²) in [4.78, 5) is 0.186. The van der Waals surface area contributed by atoms with Gasteiger partial charge in [-0.2, -0.15) is 0 Å². The molecule has 0 saturated heterocycles. The largest absolute Gasteiger partial charge is 0.457 e. The molecule has 0 amide bonds. The lowest BCUT2D eigenvalue weighted by Gasteiger charge is -2.08. The highest BCUT2D eigenvalue weighted by atomic mass is 32.2. The molecule has 0 radical (unpaired) electrons. The third-order valence-electron chi connectivity index (χ3n) is 2.55. The van der Waals surface area contributed by atoms with Gasteiger partial charge >= 0.3 is 0 Å². The van der Waals surface area contributed by atoms with Crippen molar-refractivity contribution in [1.82, 2.24) is 4.72 Å². The maximum Gasteiger partial charge on any atom is 0.240 e. The number of sulfonamides is 1. The van der Waals surface area contributed by atoms with Crippen LogP contribution in [0.3, 0.4) is 0 Å². The Labute approximate surface area is 118 Å². The van der Waals surface area contributed by atoms with Gasteiger partial charge in [0.25, 0.3) is 0 Å². The average molecular weight is 292 g/mol. The Morgan fingerprint density at radius 2 is 1.55 bits per heavy atom. The van der Waals surface area contributed by atoms with Crippen LogP contribution >= 0.6 is 0 Å². The van der Waals surface area contributed by atoms with Gasteiger partial charge in [0.15, 0.2) is 0 Å². The van der Waals surface area contributed by atoms with E-state index in [1.54, 1.807) is 12.1 Å². The van der Waals surface area contributed by atoms with E-state index in [4.69, 9.17) is 10.5 Å². The summed E-state index contributed by atoms with van der Waals surface area (Å²) in [7, 11) is -3.50. The van der Waals surface area contributed by atoms with E-state index in [0.717, 1.165) is 0 Å². The van der Waals surface area contributed by atoms with E-state index < -0.39 is 10.0 Å². The summed E-state index contributed by atoms with van der Waals surface area (Å²) in [5.41, 5.74) is 5.28. The Hall–Kier alpha value is -1.89. The number of hydrogen-bond acceptors (Lipinski definition) is 4. The monoisotopic (exact) mass is 292 g/mol. The summed E-state index contributed by atoms with van der Waals surface area (Å²) in [6.07, 6.45) is 0. The standard InChI is InChI=1S/C14H16N2O3S/c15-10-11-16-20(17,18)14-8-6-13(7-9-14)19-12-4-2-1-3-5-12/h1-9,16H,10-11,15H2. The fraction of sp³-hybridized carbons (Fsp3) is 0.143. The van der Waals surface area contributed by atoms with E-state index in [0.29, 0.717) is 11.5 Å². The molecular weight excluding hydrogens is 276 g/mol. The number of benzene rings is 2. The third-order valence-corrected chi connectivity index (χ3v) is 4.03. The van der Waals surface area contributed by atoms with Gasteiger partial charge in [0.05, 0.1) is 4.90 Å². The smallest absolute Gasteiger partial charge is 0.240 e. The molecule has 0 unspecified atom stereocenters. The second-order valence-corrected chi connectivity index (χ2v) is 5.84. The molecule has 2 aromatic carbocycles. The fourth-order valence-electron chi connectivity index (χ4n) is 1.59. The molecule has 0 atom stereocenters. The van der Waals surface area contributed by atoms with Crippen molar-refractivity contribution in [2.45, 2.75) is 4.90 Å². The van der Waals surface area contributed by atoms with Crippen molar-refractivity contribution >= 4 is 10.0 Å². The average Bonchev–Trinajstić information content (AvgIpc) is 2.47. The number of para-hydroxylation sites is 1. The molecule has 0 aliphatic heterocycles. The quantitative estimate of drug-likeness (QED) is 0.849. The fourth-order valence-corrected chi connectivity index (χ4v) is 2.64. The highest BCUT2D eigenvalue weighted by Gasteiger charge is 2.12. The minimum atomic E-state index is -3.50. The zero-order valence-electron chi connectivity index (χ0n) is 10.8. The number of hydrogen-bond donors (Lipinski definition) is 2. The molecule has 0 fully saturated rings. The maximum atomic E-state index is 11.9. The highest BCUT2D eigenvalue weighted by Crippen LogP contribution is 2.22. The number of nitrogens with two attached hydrogens (primary N) is 1. The molecule has 0 aliphatic carbocycles. The molecule has 106 valence electrons. The van der Waals surface area contributed by atoms with Gasteiger partial charge in [0.2, 0.25) is 10.0 Å². The second kappa shape index (κ2) is 6.51. The Kier molecular flexibility index (Phi) is 4.73. The lowest BCUT2D eigenvalue weighted by molar-refractivity contribution is 0.482. The minimum Gasteiger partial charge on any atom is -0.457 e. The van der Waals surface area contributed by atoms with Crippen molar-refractivity contribution in [1.29, 1.82) is 0 Å². The summed E-state index contributed by atoms with van der Waals surface area (Å²) < 4.78 is 31.7. The molecule has 20 heavy (non-hydrogen) atoms. The van der Waals surface area contributed by atoms with Gasteiger partial charge in [-0.3, -0.25) is 0 Å². The molecule has 5 nitrogen and oxygen atoms in total. The first kappa shape index (κ1) is 14.5. The van der Waals surface area contributed by atoms with E-state index in [1.165, 1.54) is 12.1 Å². The van der Waals surface area contributed by atoms with Crippen molar-refractivity contribution in [2.75, 3.05) is 13.1 Å². The molecule has 0 aromatic heterocycles. The van der Waals surface area contributed by atoms with Gasteiger partial charge in [-0.1, -0.05) is 18.2 Å². The molecular formula is C14H16N2O3S. The number of nitrogens with one attached hydrogen (secondary N) is 1. The minimum absolute atomic E-state index is 0.186. The second-order valence-electron chi connectivity index (χ2n) is 4.07. The van der Waals surface area contributed by atoms with Gasteiger partial charge in [-0.25, -0.2) is 13.1 Å². The van der Waals surface area contributed by atoms with E-state index in [1.807, 2.05) is 30.3 Å². The van der Waals surface area contributed by atoms with Gasteiger partial charge in [-0.05, 0) is 36.4 Å². The first-order valence-corrected chi connectivity index (χ1v) is 7.63. The summed E-state index contributed by atoms with van der Waals surface area (Å²) in [5.74, 6) is 1.28. The van der Waals surface area contributed by atoms with Crippen molar-refractivity contribution in [3.8, 4) is 11.5 Å². The molecule has 0 saturated carbocycles. The van der Waals surface area contributed by atoms with Gasteiger partial charge < -0.3 is 10.5 Å². The van der Waals surface area contributed by atoms with Crippen molar-refractivity contribution in [3.05, 3.63) is 54.6 Å². The molecule has 3 N–H and O–H groups in total. The highest BCUT2D eigenvalue weighted by molar-refractivity contribution is 7.89. The molecule has 6 heteroatoms. The third kappa shape index (κ3) is 3.80. The number of ether oxygens (including phenoxy) is 1. The van der Waals surface area contributed by atoms with Crippen molar-refractivity contribution in [2.24, 2.45) is 5.73 Å². The van der Waals surface area contributed by atoms with Crippen LogP contribution in [0.1, 0.15) is 0 Å². The SMILES string of the molecule is NCCNS(=O)(=O)c1ccc(Oc2ccccc2)cc1. The molecule has 0 bridgehead atoms. The van der Waals surface area contributed by atoms with Gasteiger partial charge in [0, 0.05) is 13.1 Å². The van der Waals surface area contributed by atoms with Gasteiger partial charge in [0.1, 0.15) is 11.5 Å². The van der Waals surface area contributed by atoms with Crippen LogP contribution in [0.4, 0.5) is 0 Å². The topological polar surface area (TPSA) is 81.4 Å². The van der Waals surface area contributed by atoms with E-state index >= 15 is 0 Å². The van der Waals surface area contributed by atoms with Crippen LogP contribution in [0.25, 0.3) is 0 Å². The maximum absolute atomic E-state index is 11.9. The normalized spacial score (nSPS) is 11.2. The van der Waals surface area contributed by atoms with Crippen molar-refractivity contribution < 1.29 is 13.2 Å². The Bertz CT molecular complexity index is 640. The van der Waals surface area contributed by atoms with E-state index in [9.17, 15) is 8.42 Å². The van der Waals surface area contributed by atoms with Crippen LogP contribution in [0.5, 0.6) is 11.5 Å². The van der Waals surface area contributed by atoms with Crippen LogP contribution in [0, 0.1) is 0 Å². The van der Waals surface area contributed by atoms with Crippen LogP contribution < -0.4 is 15.2 Å². The zero-order valence-corrected chi connectivity index (χ0v) is 11.6. The molecule has 0 heterocycles. The Morgan fingerprint density at radius 1 is 0.950 bits per heavy atom. The molecule has 2 aromatic rings. The van der Waals surface area contributed by atoms with Gasteiger partial charge in [-0.15, -0.1) is 0 Å². The van der Waals surface area contributed by atoms with Crippen molar-refractivity contribution in [3.63, 3.8) is 0 Å². The van der Waals surface area contributed by atoms with E-state index in [2.05, 4.69) is 4.72 Å². The lowest BCUT2D eigenvalue weighted by atomic mass is 10.3.